The van der Waals surface area contributed by atoms with E-state index in [4.69, 9.17) is 0 Å². The molecule has 2 aromatic rings. The van der Waals surface area contributed by atoms with E-state index in [2.05, 4.69) is 4.18 Å². The van der Waals surface area contributed by atoms with Gasteiger partial charge in [0.2, 0.25) is 0 Å². The zero-order chi connectivity index (χ0) is 15.6. The third-order valence-electron chi connectivity index (χ3n) is 2.40. The molecule has 0 amide bonds. The normalized spacial score (nSPS) is 11.1. The first-order chi connectivity index (χ1) is 9.79. The Morgan fingerprint density at radius 2 is 1.81 bits per heavy atom. The van der Waals surface area contributed by atoms with Crippen LogP contribution in [0.15, 0.2) is 47.4 Å². The van der Waals surface area contributed by atoms with E-state index in [9.17, 15) is 27.3 Å². The molecule has 0 aromatic heterocycles. The van der Waals surface area contributed by atoms with Gasteiger partial charge < -0.3 is 4.18 Å². The van der Waals surface area contributed by atoms with Gasteiger partial charge in [0.1, 0.15) is 22.3 Å². The molecule has 0 saturated carbocycles. The van der Waals surface area contributed by atoms with Gasteiger partial charge in [-0.05, 0) is 24.3 Å². The van der Waals surface area contributed by atoms with Crippen LogP contribution in [0, 0.1) is 21.7 Å². The summed E-state index contributed by atoms with van der Waals surface area (Å²) >= 11 is 0. The monoisotopic (exact) mass is 315 g/mol. The van der Waals surface area contributed by atoms with Gasteiger partial charge in [-0.15, -0.1) is 0 Å². The quantitative estimate of drug-likeness (QED) is 0.492. The molecule has 21 heavy (non-hydrogen) atoms. The Bertz CT molecular complexity index is 807. The lowest BCUT2D eigenvalue weighted by molar-refractivity contribution is -0.384. The minimum Gasteiger partial charge on any atom is -0.379 e. The summed E-state index contributed by atoms with van der Waals surface area (Å²) in [4.78, 5) is 8.84. The highest BCUT2D eigenvalue weighted by molar-refractivity contribution is 7.87. The van der Waals surface area contributed by atoms with E-state index < -0.39 is 37.3 Å². The highest BCUT2D eigenvalue weighted by Gasteiger charge is 2.23. The summed E-state index contributed by atoms with van der Waals surface area (Å²) in [5, 5.41) is 10.6. The molecule has 0 fully saturated rings. The summed E-state index contributed by atoms with van der Waals surface area (Å²) in [6, 6.07) is 6.17. The highest BCUT2D eigenvalue weighted by atomic mass is 32.2. The predicted octanol–water partition coefficient (Wildman–Crippen LogP) is 2.64. The Balaban J connectivity index is 2.40. The van der Waals surface area contributed by atoms with Crippen LogP contribution in [0.4, 0.5) is 14.5 Å². The van der Waals surface area contributed by atoms with E-state index in [0.29, 0.717) is 12.1 Å². The van der Waals surface area contributed by atoms with Crippen molar-refractivity contribution >= 4 is 15.8 Å². The lowest BCUT2D eigenvalue weighted by Gasteiger charge is -2.07. The van der Waals surface area contributed by atoms with Gasteiger partial charge in [0, 0.05) is 6.07 Å². The maximum absolute atomic E-state index is 13.4. The molecule has 0 aliphatic carbocycles. The van der Waals surface area contributed by atoms with Gasteiger partial charge in [-0.3, -0.25) is 10.1 Å². The fourth-order valence-corrected chi connectivity index (χ4v) is 2.50. The van der Waals surface area contributed by atoms with Crippen molar-refractivity contribution in [2.75, 3.05) is 0 Å². The van der Waals surface area contributed by atoms with Crippen molar-refractivity contribution in [2.24, 2.45) is 0 Å². The van der Waals surface area contributed by atoms with Gasteiger partial charge in [0.25, 0.3) is 5.69 Å². The van der Waals surface area contributed by atoms with E-state index in [1.807, 2.05) is 0 Å². The standard InChI is InChI=1S/C12H7F2NO5S/c13-8-4-5-11(14)12(6-8)21(18,19)20-10-3-1-2-9(7-10)15(16)17/h1-7H. The SMILES string of the molecule is O=[N+]([O-])c1cccc(OS(=O)(=O)c2cc(F)ccc2F)c1. The molecule has 0 aliphatic rings. The van der Waals surface area contributed by atoms with Crippen LogP contribution >= 0.6 is 0 Å². The number of non-ortho nitro benzene ring substituents is 1. The van der Waals surface area contributed by atoms with Gasteiger partial charge in [-0.2, -0.15) is 8.42 Å². The number of benzene rings is 2. The lowest BCUT2D eigenvalue weighted by Crippen LogP contribution is -2.12. The van der Waals surface area contributed by atoms with E-state index in [1.165, 1.54) is 6.07 Å². The average Bonchev–Trinajstić information content (AvgIpc) is 2.41. The van der Waals surface area contributed by atoms with Crippen LogP contribution in [0.3, 0.4) is 0 Å². The minimum absolute atomic E-state index is 0.382. The topological polar surface area (TPSA) is 86.5 Å². The molecule has 0 radical (unpaired) electrons. The zero-order valence-corrected chi connectivity index (χ0v) is 11.0. The lowest BCUT2D eigenvalue weighted by atomic mass is 10.3. The molecule has 110 valence electrons. The molecule has 0 atom stereocenters. The zero-order valence-electron chi connectivity index (χ0n) is 10.2. The second-order valence-corrected chi connectivity index (χ2v) is 5.38. The number of rotatable bonds is 4. The third kappa shape index (κ3) is 3.31. The second-order valence-electron chi connectivity index (χ2n) is 3.87. The minimum atomic E-state index is -4.65. The summed E-state index contributed by atoms with van der Waals surface area (Å²) < 4.78 is 54.7. The van der Waals surface area contributed by atoms with E-state index in [0.717, 1.165) is 24.3 Å². The maximum atomic E-state index is 13.4. The molecule has 0 unspecified atom stereocenters. The largest absolute Gasteiger partial charge is 0.379 e. The molecule has 0 bridgehead atoms. The highest BCUT2D eigenvalue weighted by Crippen LogP contribution is 2.24. The van der Waals surface area contributed by atoms with Crippen LogP contribution in [-0.4, -0.2) is 13.3 Å². The molecule has 0 N–H and O–H groups in total. The van der Waals surface area contributed by atoms with Crippen LogP contribution < -0.4 is 4.18 Å². The van der Waals surface area contributed by atoms with Crippen LogP contribution in [0.2, 0.25) is 0 Å². The van der Waals surface area contributed by atoms with Crippen LogP contribution in [0.25, 0.3) is 0 Å². The Labute approximate surface area is 117 Å². The molecule has 2 aromatic carbocycles. The van der Waals surface area contributed by atoms with Crippen molar-refractivity contribution in [3.05, 3.63) is 64.2 Å². The van der Waals surface area contributed by atoms with Crippen molar-refractivity contribution in [1.29, 1.82) is 0 Å². The van der Waals surface area contributed by atoms with Crippen molar-refractivity contribution in [3.8, 4) is 5.75 Å². The van der Waals surface area contributed by atoms with E-state index in [1.54, 1.807) is 0 Å². The summed E-state index contributed by atoms with van der Waals surface area (Å²) in [5.74, 6) is -2.53. The number of hydrogen-bond donors (Lipinski definition) is 0. The number of nitrogens with zero attached hydrogens (tertiary/aromatic N) is 1. The summed E-state index contributed by atoms with van der Waals surface area (Å²) in [5.41, 5.74) is -0.401. The molecule has 6 nitrogen and oxygen atoms in total. The summed E-state index contributed by atoms with van der Waals surface area (Å²) in [6.45, 7) is 0. The van der Waals surface area contributed by atoms with Gasteiger partial charge in [-0.25, -0.2) is 8.78 Å². The Hall–Kier alpha value is -2.55. The van der Waals surface area contributed by atoms with Crippen LogP contribution in [-0.2, 0) is 10.1 Å². The molecule has 9 heteroatoms. The first kappa shape index (κ1) is 14.9. The van der Waals surface area contributed by atoms with E-state index >= 15 is 0 Å². The average molecular weight is 315 g/mol. The smallest absolute Gasteiger partial charge is 0.342 e. The fraction of sp³-hybridized carbons (Fsp3) is 0. The molecular weight excluding hydrogens is 308 g/mol. The van der Waals surface area contributed by atoms with Crippen molar-refractivity contribution in [1.82, 2.24) is 0 Å². The maximum Gasteiger partial charge on any atom is 0.342 e. The number of nitro benzene ring substituents is 1. The molecular formula is C12H7F2NO5S. The molecule has 0 aliphatic heterocycles. The number of hydrogen-bond acceptors (Lipinski definition) is 5. The number of nitro groups is 1. The van der Waals surface area contributed by atoms with Gasteiger partial charge in [0.15, 0.2) is 0 Å². The van der Waals surface area contributed by atoms with Gasteiger partial charge in [-0.1, -0.05) is 6.07 Å². The molecule has 0 saturated heterocycles. The fourth-order valence-electron chi connectivity index (χ4n) is 1.49. The van der Waals surface area contributed by atoms with Crippen molar-refractivity contribution < 1.29 is 26.3 Å². The van der Waals surface area contributed by atoms with Crippen molar-refractivity contribution in [2.45, 2.75) is 4.90 Å². The molecule has 0 spiro atoms. The Morgan fingerprint density at radius 3 is 2.48 bits per heavy atom. The second kappa shape index (κ2) is 5.44. The van der Waals surface area contributed by atoms with Crippen LogP contribution in [0.5, 0.6) is 5.75 Å². The van der Waals surface area contributed by atoms with Crippen LogP contribution in [0.1, 0.15) is 0 Å². The Kier molecular flexibility index (Phi) is 3.85. The van der Waals surface area contributed by atoms with E-state index in [-0.39, 0.29) is 5.75 Å². The van der Waals surface area contributed by atoms with Gasteiger partial charge in [0.05, 0.1) is 11.0 Å². The number of halogens is 2. The first-order valence-corrected chi connectivity index (χ1v) is 6.84. The van der Waals surface area contributed by atoms with Crippen molar-refractivity contribution in [3.63, 3.8) is 0 Å². The predicted molar refractivity (Wildman–Crippen MR) is 67.3 cm³/mol. The Morgan fingerprint density at radius 1 is 1.10 bits per heavy atom. The molecule has 0 heterocycles. The van der Waals surface area contributed by atoms with Gasteiger partial charge >= 0.3 is 10.1 Å². The summed E-state index contributed by atoms with van der Waals surface area (Å²) in [7, 11) is -4.65. The molecule has 2 rings (SSSR count). The third-order valence-corrected chi connectivity index (χ3v) is 3.66. The summed E-state index contributed by atoms with van der Waals surface area (Å²) in [6.07, 6.45) is 0. The first-order valence-electron chi connectivity index (χ1n) is 5.43.